The smallest absolute Gasteiger partial charge is 0.0893 e. The van der Waals surface area contributed by atoms with Crippen molar-refractivity contribution in [2.75, 3.05) is 0 Å². The predicted octanol–water partition coefficient (Wildman–Crippen LogP) is 3.04. The molecule has 0 amide bonds. The second-order valence-electron chi connectivity index (χ2n) is 3.55. The number of hydrogen-bond donors (Lipinski definition) is 1. The molecule has 1 heterocycles. The van der Waals surface area contributed by atoms with Gasteiger partial charge in [-0.25, -0.2) is 0 Å². The van der Waals surface area contributed by atoms with Crippen LogP contribution in [0.4, 0.5) is 0 Å². The summed E-state index contributed by atoms with van der Waals surface area (Å²) < 4.78 is 3.82. The average molecular weight is 254 g/mol. The van der Waals surface area contributed by atoms with Crippen molar-refractivity contribution in [2.45, 2.75) is 19.5 Å². The van der Waals surface area contributed by atoms with Gasteiger partial charge in [0, 0.05) is 23.0 Å². The van der Waals surface area contributed by atoms with Gasteiger partial charge in [-0.15, -0.1) is 5.10 Å². The maximum Gasteiger partial charge on any atom is 0.0893 e. The molecule has 1 atom stereocenters. The molecule has 1 N–H and O–H groups in total. The summed E-state index contributed by atoms with van der Waals surface area (Å²) >= 11 is 7.21. The van der Waals surface area contributed by atoms with Gasteiger partial charge >= 0.3 is 0 Å². The summed E-state index contributed by atoms with van der Waals surface area (Å²) in [6.45, 7) is 2.85. The summed E-state index contributed by atoms with van der Waals surface area (Å²) in [7, 11) is 0. The third-order valence-electron chi connectivity index (χ3n) is 2.36. The first-order chi connectivity index (χ1) is 7.75. The molecule has 2 rings (SSSR count). The number of nitrogens with zero attached hydrogens (tertiary/aromatic N) is 2. The number of aromatic nitrogens is 2. The maximum atomic E-state index is 5.84. The fraction of sp³-hybridized carbons (Fsp3) is 0.273. The largest absolute Gasteiger partial charge is 0.304 e. The van der Waals surface area contributed by atoms with E-state index in [9.17, 15) is 0 Å². The van der Waals surface area contributed by atoms with E-state index < -0.39 is 0 Å². The molecule has 0 spiro atoms. The van der Waals surface area contributed by atoms with E-state index in [2.05, 4.69) is 21.8 Å². The summed E-state index contributed by atoms with van der Waals surface area (Å²) in [4.78, 5) is 0. The first kappa shape index (κ1) is 11.5. The monoisotopic (exact) mass is 253 g/mol. The Kier molecular flexibility index (Phi) is 3.88. The van der Waals surface area contributed by atoms with E-state index in [1.807, 2.05) is 29.6 Å². The molecule has 0 unspecified atom stereocenters. The quantitative estimate of drug-likeness (QED) is 0.910. The van der Waals surface area contributed by atoms with Crippen molar-refractivity contribution in [2.24, 2.45) is 0 Å². The minimum Gasteiger partial charge on any atom is -0.304 e. The van der Waals surface area contributed by atoms with Crippen LogP contribution in [-0.2, 0) is 6.54 Å². The Labute approximate surface area is 104 Å². The predicted molar refractivity (Wildman–Crippen MR) is 66.6 cm³/mol. The SMILES string of the molecule is C[C@@H](NCc1csnn1)c1ccc(Cl)cc1. The molecular weight excluding hydrogens is 242 g/mol. The number of halogens is 1. The lowest BCUT2D eigenvalue weighted by Crippen LogP contribution is -2.18. The Morgan fingerprint density at radius 3 is 2.75 bits per heavy atom. The Balaban J connectivity index is 1.93. The van der Waals surface area contributed by atoms with Gasteiger partial charge in [0.2, 0.25) is 0 Å². The van der Waals surface area contributed by atoms with Crippen molar-refractivity contribution in [3.63, 3.8) is 0 Å². The molecule has 5 heteroatoms. The van der Waals surface area contributed by atoms with Crippen molar-refractivity contribution < 1.29 is 0 Å². The van der Waals surface area contributed by atoms with Gasteiger partial charge in [-0.2, -0.15) is 0 Å². The number of benzene rings is 1. The summed E-state index contributed by atoms with van der Waals surface area (Å²) in [6.07, 6.45) is 0. The van der Waals surface area contributed by atoms with Crippen LogP contribution in [0.2, 0.25) is 5.02 Å². The van der Waals surface area contributed by atoms with Gasteiger partial charge in [-0.05, 0) is 36.2 Å². The molecule has 0 aliphatic heterocycles. The normalized spacial score (nSPS) is 12.6. The molecule has 0 fully saturated rings. The first-order valence-electron chi connectivity index (χ1n) is 5.00. The molecule has 3 nitrogen and oxygen atoms in total. The third kappa shape index (κ3) is 3.01. The van der Waals surface area contributed by atoms with E-state index >= 15 is 0 Å². The van der Waals surface area contributed by atoms with Crippen LogP contribution < -0.4 is 5.32 Å². The highest BCUT2D eigenvalue weighted by molar-refractivity contribution is 7.03. The molecular formula is C11H12ClN3S. The lowest BCUT2D eigenvalue weighted by Gasteiger charge is -2.13. The molecule has 2 aromatic rings. The van der Waals surface area contributed by atoms with Crippen LogP contribution in [0.5, 0.6) is 0 Å². The van der Waals surface area contributed by atoms with Gasteiger partial charge in [0.05, 0.1) is 5.69 Å². The standard InChI is InChI=1S/C11H12ClN3S/c1-8(9-2-4-10(12)5-3-9)13-6-11-7-16-15-14-11/h2-5,7-8,13H,6H2,1H3/t8-/m1/s1. The van der Waals surface area contributed by atoms with Crippen LogP contribution in [0.1, 0.15) is 24.2 Å². The topological polar surface area (TPSA) is 37.8 Å². The van der Waals surface area contributed by atoms with Crippen molar-refractivity contribution in [1.82, 2.24) is 14.9 Å². The van der Waals surface area contributed by atoms with Gasteiger partial charge in [0.15, 0.2) is 0 Å². The number of rotatable bonds is 4. The Hall–Kier alpha value is -0.970. The van der Waals surface area contributed by atoms with Crippen molar-refractivity contribution in [3.05, 3.63) is 45.9 Å². The van der Waals surface area contributed by atoms with Crippen LogP contribution in [0.3, 0.4) is 0 Å². The molecule has 1 aromatic carbocycles. The minimum atomic E-state index is 0.277. The Morgan fingerprint density at radius 2 is 2.12 bits per heavy atom. The number of hydrogen-bond acceptors (Lipinski definition) is 4. The summed E-state index contributed by atoms with van der Waals surface area (Å²) in [5.74, 6) is 0. The molecule has 0 saturated carbocycles. The van der Waals surface area contributed by atoms with Gasteiger partial charge in [-0.1, -0.05) is 28.2 Å². The van der Waals surface area contributed by atoms with Gasteiger partial charge in [0.25, 0.3) is 0 Å². The molecule has 16 heavy (non-hydrogen) atoms. The van der Waals surface area contributed by atoms with E-state index in [1.165, 1.54) is 17.1 Å². The summed E-state index contributed by atoms with van der Waals surface area (Å²) in [5, 5.41) is 10.1. The van der Waals surface area contributed by atoms with Crippen LogP contribution >= 0.6 is 23.1 Å². The zero-order chi connectivity index (χ0) is 11.4. The minimum absolute atomic E-state index is 0.277. The summed E-state index contributed by atoms with van der Waals surface area (Å²) in [6, 6.07) is 8.14. The zero-order valence-corrected chi connectivity index (χ0v) is 10.4. The lowest BCUT2D eigenvalue weighted by atomic mass is 10.1. The van der Waals surface area contributed by atoms with Crippen LogP contribution in [-0.4, -0.2) is 9.59 Å². The van der Waals surface area contributed by atoms with E-state index in [0.29, 0.717) is 0 Å². The second kappa shape index (κ2) is 5.39. The van der Waals surface area contributed by atoms with Crippen LogP contribution in [0.25, 0.3) is 0 Å². The highest BCUT2D eigenvalue weighted by atomic mass is 35.5. The molecule has 0 aliphatic rings. The maximum absolute atomic E-state index is 5.84. The third-order valence-corrected chi connectivity index (χ3v) is 3.17. The molecule has 0 radical (unpaired) electrons. The molecule has 0 aliphatic carbocycles. The van der Waals surface area contributed by atoms with Crippen molar-refractivity contribution in [3.8, 4) is 0 Å². The van der Waals surface area contributed by atoms with E-state index in [0.717, 1.165) is 17.3 Å². The second-order valence-corrected chi connectivity index (χ2v) is 4.60. The van der Waals surface area contributed by atoms with Gasteiger partial charge < -0.3 is 5.32 Å². The fourth-order valence-corrected chi connectivity index (χ4v) is 1.97. The molecule has 0 bridgehead atoms. The van der Waals surface area contributed by atoms with E-state index in [1.54, 1.807) is 0 Å². The molecule has 1 aromatic heterocycles. The highest BCUT2D eigenvalue weighted by Crippen LogP contribution is 2.16. The Bertz CT molecular complexity index is 427. The van der Waals surface area contributed by atoms with Crippen molar-refractivity contribution >= 4 is 23.1 Å². The zero-order valence-electron chi connectivity index (χ0n) is 8.85. The van der Waals surface area contributed by atoms with Crippen LogP contribution in [0, 0.1) is 0 Å². The van der Waals surface area contributed by atoms with Gasteiger partial charge in [0.1, 0.15) is 0 Å². The number of nitrogens with one attached hydrogen (secondary N) is 1. The van der Waals surface area contributed by atoms with E-state index in [-0.39, 0.29) is 6.04 Å². The van der Waals surface area contributed by atoms with Gasteiger partial charge in [-0.3, -0.25) is 0 Å². The van der Waals surface area contributed by atoms with Crippen molar-refractivity contribution in [1.29, 1.82) is 0 Å². The highest BCUT2D eigenvalue weighted by Gasteiger charge is 2.05. The fourth-order valence-electron chi connectivity index (χ4n) is 1.39. The average Bonchev–Trinajstić information content (AvgIpc) is 2.80. The van der Waals surface area contributed by atoms with Crippen LogP contribution in [0.15, 0.2) is 29.6 Å². The molecule has 84 valence electrons. The van der Waals surface area contributed by atoms with E-state index in [4.69, 9.17) is 11.6 Å². The summed E-state index contributed by atoms with van der Waals surface area (Å²) in [5.41, 5.74) is 2.19. The molecule has 0 saturated heterocycles. The lowest BCUT2D eigenvalue weighted by molar-refractivity contribution is 0.567. The first-order valence-corrected chi connectivity index (χ1v) is 6.22. The Morgan fingerprint density at radius 1 is 1.38 bits per heavy atom.